The van der Waals surface area contributed by atoms with Crippen molar-refractivity contribution in [3.8, 4) is 0 Å². The molecule has 162 valence electrons. The van der Waals surface area contributed by atoms with Crippen molar-refractivity contribution in [1.29, 1.82) is 0 Å². The Hall–Kier alpha value is -0.210. The number of amides is 2. The van der Waals surface area contributed by atoms with E-state index in [1.807, 2.05) is 13.8 Å². The first-order chi connectivity index (χ1) is 13.0. The summed E-state index contributed by atoms with van der Waals surface area (Å²) in [5.74, 6) is 0.441. The van der Waals surface area contributed by atoms with E-state index in [9.17, 15) is 14.2 Å². The fourth-order valence-corrected chi connectivity index (χ4v) is 5.82. The zero-order chi connectivity index (χ0) is 21.3. The molecule has 1 aliphatic heterocycles. The van der Waals surface area contributed by atoms with Gasteiger partial charge >= 0.3 is 13.4 Å². The minimum absolute atomic E-state index is 0.0216. The third kappa shape index (κ3) is 11.1. The molecule has 11 heteroatoms. The SMILES string of the molecule is CC(C)COC(=O)NC(CSSC(C)(C)C)C(=O)NC1CCN([P+](=O)Cl)CC1. The topological polar surface area (TPSA) is 87.7 Å². The number of carbonyl (C=O) groups excluding carboxylic acids is 2. The van der Waals surface area contributed by atoms with Crippen LogP contribution in [-0.4, -0.2) is 59.0 Å². The summed E-state index contributed by atoms with van der Waals surface area (Å²) in [5, 5.41) is 5.69. The molecule has 1 saturated heterocycles. The highest BCUT2D eigenvalue weighted by molar-refractivity contribution is 8.77. The van der Waals surface area contributed by atoms with Crippen LogP contribution in [0.15, 0.2) is 0 Å². The monoisotopic (exact) mass is 472 g/mol. The summed E-state index contributed by atoms with van der Waals surface area (Å²) in [4.78, 5) is 24.8. The first kappa shape index (κ1) is 25.8. The molecule has 0 radical (unpaired) electrons. The minimum Gasteiger partial charge on any atom is -0.449 e. The van der Waals surface area contributed by atoms with Gasteiger partial charge in [-0.1, -0.05) is 60.9 Å². The van der Waals surface area contributed by atoms with Crippen LogP contribution in [0.25, 0.3) is 0 Å². The van der Waals surface area contributed by atoms with E-state index in [1.165, 1.54) is 0 Å². The summed E-state index contributed by atoms with van der Waals surface area (Å²) in [6.07, 6.45) is 0.770. The van der Waals surface area contributed by atoms with Crippen LogP contribution in [0, 0.1) is 5.92 Å². The number of hydrogen-bond acceptors (Lipinski definition) is 6. The lowest BCUT2D eigenvalue weighted by Crippen LogP contribution is -2.52. The lowest BCUT2D eigenvalue weighted by molar-refractivity contribution is -0.123. The molecule has 0 saturated carbocycles. The Labute approximate surface area is 181 Å². The number of carbonyl (C=O) groups is 2. The van der Waals surface area contributed by atoms with Crippen molar-refractivity contribution in [2.75, 3.05) is 25.4 Å². The highest BCUT2D eigenvalue weighted by Gasteiger charge is 2.33. The zero-order valence-corrected chi connectivity index (χ0v) is 20.5. The number of nitrogens with one attached hydrogen (secondary N) is 2. The van der Waals surface area contributed by atoms with E-state index in [0.717, 1.165) is 0 Å². The van der Waals surface area contributed by atoms with E-state index in [2.05, 4.69) is 31.4 Å². The number of halogens is 1. The largest absolute Gasteiger partial charge is 0.556 e. The van der Waals surface area contributed by atoms with E-state index in [0.29, 0.717) is 38.3 Å². The summed E-state index contributed by atoms with van der Waals surface area (Å²) in [6.45, 7) is 11.7. The summed E-state index contributed by atoms with van der Waals surface area (Å²) in [6, 6.07) is -0.700. The van der Waals surface area contributed by atoms with E-state index in [4.69, 9.17) is 16.0 Å². The number of alkyl carbamates (subject to hydrolysis) is 1. The molecule has 0 aromatic heterocycles. The van der Waals surface area contributed by atoms with Gasteiger partial charge < -0.3 is 15.4 Å². The predicted molar refractivity (Wildman–Crippen MR) is 119 cm³/mol. The molecule has 2 N–H and O–H groups in total. The summed E-state index contributed by atoms with van der Waals surface area (Å²) < 4.78 is 18.3. The molecule has 7 nitrogen and oxygen atoms in total. The van der Waals surface area contributed by atoms with Gasteiger partial charge in [-0.3, -0.25) is 4.79 Å². The first-order valence-electron chi connectivity index (χ1n) is 9.40. The van der Waals surface area contributed by atoms with E-state index < -0.39 is 19.4 Å². The fourth-order valence-electron chi connectivity index (χ4n) is 2.36. The second-order valence-corrected chi connectivity index (χ2v) is 13.2. The van der Waals surface area contributed by atoms with Gasteiger partial charge in [0.25, 0.3) is 0 Å². The Balaban J connectivity index is 2.59. The fraction of sp³-hybridized carbons (Fsp3) is 0.882. The van der Waals surface area contributed by atoms with Crippen LogP contribution in [0.3, 0.4) is 0 Å². The van der Waals surface area contributed by atoms with Gasteiger partial charge in [0.1, 0.15) is 6.04 Å². The van der Waals surface area contributed by atoms with Crippen LogP contribution in [-0.2, 0) is 14.1 Å². The molecule has 0 aliphatic carbocycles. The molecule has 2 atom stereocenters. The lowest BCUT2D eigenvalue weighted by atomic mass is 10.1. The maximum absolute atomic E-state index is 12.8. The van der Waals surface area contributed by atoms with Crippen LogP contribution in [0.4, 0.5) is 4.79 Å². The normalized spacial score (nSPS) is 17.9. The van der Waals surface area contributed by atoms with Crippen molar-refractivity contribution in [2.24, 2.45) is 5.92 Å². The average molecular weight is 473 g/mol. The van der Waals surface area contributed by atoms with Crippen molar-refractivity contribution in [3.05, 3.63) is 0 Å². The maximum atomic E-state index is 12.8. The number of ether oxygens (including phenoxy) is 1. The Morgan fingerprint density at radius 3 is 2.39 bits per heavy atom. The van der Waals surface area contributed by atoms with Gasteiger partial charge in [-0.05, 0) is 23.3 Å². The third-order valence-electron chi connectivity index (χ3n) is 3.74. The predicted octanol–water partition coefficient (Wildman–Crippen LogP) is 4.39. The Bertz CT molecular complexity index is 541. The van der Waals surface area contributed by atoms with Gasteiger partial charge in [-0.2, -0.15) is 0 Å². The molecular weight excluding hydrogens is 441 g/mol. The van der Waals surface area contributed by atoms with Crippen LogP contribution in [0.1, 0.15) is 47.5 Å². The van der Waals surface area contributed by atoms with Crippen LogP contribution in [0.5, 0.6) is 0 Å². The van der Waals surface area contributed by atoms with Gasteiger partial charge in [-0.15, -0.1) is 0 Å². The Kier molecular flexibility index (Phi) is 11.5. The van der Waals surface area contributed by atoms with Gasteiger partial charge in [0.2, 0.25) is 17.1 Å². The number of nitrogens with zero attached hydrogens (tertiary/aromatic N) is 1. The van der Waals surface area contributed by atoms with E-state index in [1.54, 1.807) is 26.3 Å². The summed E-state index contributed by atoms with van der Waals surface area (Å²) >= 11 is 5.64. The van der Waals surface area contributed by atoms with Gasteiger partial charge in [0.05, 0.1) is 6.61 Å². The number of rotatable bonds is 9. The molecule has 1 rings (SSSR count). The molecule has 0 aromatic carbocycles. The van der Waals surface area contributed by atoms with Gasteiger partial charge in [-0.25, -0.2) is 4.79 Å². The van der Waals surface area contributed by atoms with E-state index in [-0.39, 0.29) is 22.6 Å². The first-order valence-corrected chi connectivity index (χ1v) is 13.8. The van der Waals surface area contributed by atoms with Crippen LogP contribution in [0.2, 0.25) is 0 Å². The highest BCUT2D eigenvalue weighted by Crippen LogP contribution is 2.36. The third-order valence-corrected chi connectivity index (χ3v) is 8.58. The summed E-state index contributed by atoms with van der Waals surface area (Å²) in [7, 11) is 1.37. The van der Waals surface area contributed by atoms with Crippen LogP contribution >= 0.6 is 40.1 Å². The molecule has 1 fully saturated rings. The standard InChI is InChI=1S/C17H31ClN3O4PS2/c1-12(2)10-25-16(23)20-14(11-27-28-17(3,4)5)15(22)19-13-6-8-21(9-7-13)26(18)24/h12-14H,6-11H2,1-5H3,(H-,19,20,22,23)/p+1. The van der Waals surface area contributed by atoms with Gasteiger partial charge in [0.15, 0.2) is 0 Å². The zero-order valence-electron chi connectivity index (χ0n) is 17.2. The lowest BCUT2D eigenvalue weighted by Gasteiger charge is -2.27. The second kappa shape index (κ2) is 12.5. The average Bonchev–Trinajstić information content (AvgIpc) is 2.58. The van der Waals surface area contributed by atoms with Crippen molar-refractivity contribution in [2.45, 2.75) is 64.3 Å². The molecule has 0 aromatic rings. The van der Waals surface area contributed by atoms with Crippen molar-refractivity contribution in [1.82, 2.24) is 15.3 Å². The molecule has 28 heavy (non-hydrogen) atoms. The minimum atomic E-state index is -1.85. The smallest absolute Gasteiger partial charge is 0.449 e. The molecule has 1 aliphatic rings. The molecule has 0 spiro atoms. The highest BCUT2D eigenvalue weighted by atomic mass is 35.7. The molecule has 2 amide bonds. The van der Waals surface area contributed by atoms with Crippen LogP contribution < -0.4 is 10.6 Å². The molecule has 0 bridgehead atoms. The number of hydrogen-bond donors (Lipinski definition) is 2. The van der Waals surface area contributed by atoms with Crippen molar-refractivity contribution >= 4 is 52.1 Å². The molecular formula is C17H32ClN3O4PS2+. The number of piperidine rings is 1. The molecule has 2 unspecified atom stereocenters. The van der Waals surface area contributed by atoms with E-state index >= 15 is 0 Å². The van der Waals surface area contributed by atoms with Gasteiger partial charge in [0, 0.05) is 29.6 Å². The van der Waals surface area contributed by atoms with Crippen molar-refractivity contribution < 1.29 is 18.9 Å². The maximum Gasteiger partial charge on any atom is 0.556 e. The van der Waals surface area contributed by atoms with Crippen molar-refractivity contribution in [3.63, 3.8) is 0 Å². The Morgan fingerprint density at radius 2 is 1.89 bits per heavy atom. The summed E-state index contributed by atoms with van der Waals surface area (Å²) in [5.41, 5.74) is 0. The molecule has 1 heterocycles. The Morgan fingerprint density at radius 1 is 1.29 bits per heavy atom. The quantitative estimate of drug-likeness (QED) is 0.380. The second-order valence-electron chi connectivity index (χ2n) is 8.13.